The van der Waals surface area contributed by atoms with Crippen LogP contribution in [0.25, 0.3) is 0 Å². The average molecular weight is 345 g/mol. The Labute approximate surface area is 144 Å². The highest BCUT2D eigenvalue weighted by Gasteiger charge is 2.26. The normalized spacial score (nSPS) is 14.5. The minimum absolute atomic E-state index is 0.132. The average Bonchev–Trinajstić information content (AvgIpc) is 3.16. The van der Waals surface area contributed by atoms with Gasteiger partial charge in [-0.3, -0.25) is 4.79 Å². The van der Waals surface area contributed by atoms with E-state index in [1.807, 2.05) is 30.5 Å². The maximum atomic E-state index is 12.4. The molecule has 1 aromatic carbocycles. The zero-order valence-electron chi connectivity index (χ0n) is 13.4. The van der Waals surface area contributed by atoms with Crippen molar-refractivity contribution in [3.63, 3.8) is 0 Å². The summed E-state index contributed by atoms with van der Waals surface area (Å²) < 4.78 is 5.14. The number of carbonyl (C=O) groups excluding carboxylic acids is 2. The lowest BCUT2D eigenvalue weighted by Gasteiger charge is -2.34. The molecule has 7 heteroatoms. The van der Waals surface area contributed by atoms with Gasteiger partial charge in [-0.2, -0.15) is 0 Å². The number of urea groups is 1. The van der Waals surface area contributed by atoms with Crippen LogP contribution < -0.4 is 5.32 Å². The van der Waals surface area contributed by atoms with Crippen molar-refractivity contribution in [2.24, 2.45) is 0 Å². The summed E-state index contributed by atoms with van der Waals surface area (Å²) in [6.45, 7) is 2.00. The monoisotopic (exact) mass is 345 g/mol. The Bertz CT molecular complexity index is 710. The molecule has 0 unspecified atom stereocenters. The molecule has 3 amide bonds. The van der Waals surface area contributed by atoms with Gasteiger partial charge in [0, 0.05) is 36.8 Å². The lowest BCUT2D eigenvalue weighted by atomic mass is 10.3. The number of nitrogens with zero attached hydrogens (tertiary/aromatic N) is 2. The Hall–Kier alpha value is -2.41. The van der Waals surface area contributed by atoms with Gasteiger partial charge in [0.15, 0.2) is 5.76 Å². The largest absolute Gasteiger partial charge is 0.459 e. The summed E-state index contributed by atoms with van der Waals surface area (Å²) >= 11 is 1.63. The van der Waals surface area contributed by atoms with Gasteiger partial charge in [0.05, 0.1) is 6.26 Å². The van der Waals surface area contributed by atoms with Gasteiger partial charge >= 0.3 is 6.03 Å². The number of thioether (sulfide) groups is 1. The Balaban J connectivity index is 1.54. The first-order valence-electron chi connectivity index (χ1n) is 7.70. The third-order valence-electron chi connectivity index (χ3n) is 3.91. The first kappa shape index (κ1) is 16.4. The number of anilines is 1. The molecule has 1 N–H and O–H groups in total. The quantitative estimate of drug-likeness (QED) is 0.869. The van der Waals surface area contributed by atoms with Crippen LogP contribution in [0.1, 0.15) is 10.6 Å². The second-order valence-electron chi connectivity index (χ2n) is 5.42. The van der Waals surface area contributed by atoms with Crippen molar-refractivity contribution >= 4 is 29.4 Å². The van der Waals surface area contributed by atoms with E-state index in [1.165, 1.54) is 6.26 Å². The summed E-state index contributed by atoms with van der Waals surface area (Å²) in [6.07, 6.45) is 3.48. The van der Waals surface area contributed by atoms with Crippen molar-refractivity contribution in [3.8, 4) is 0 Å². The molecule has 1 aromatic heterocycles. The summed E-state index contributed by atoms with van der Waals surface area (Å²) in [4.78, 5) is 29.1. The fraction of sp³-hybridized carbons (Fsp3) is 0.294. The molecule has 1 saturated heterocycles. The van der Waals surface area contributed by atoms with Gasteiger partial charge in [0.1, 0.15) is 0 Å². The molecule has 0 atom stereocenters. The van der Waals surface area contributed by atoms with E-state index < -0.39 is 0 Å². The molecule has 0 radical (unpaired) electrons. The smallest absolute Gasteiger partial charge is 0.321 e. The van der Waals surface area contributed by atoms with Gasteiger partial charge in [-0.15, -0.1) is 11.8 Å². The Kier molecular flexibility index (Phi) is 5.10. The standard InChI is InChI=1S/C17H19N3O3S/c1-24-14-5-2-4-13(12-14)18-17(22)20-9-7-19(8-10-20)16(21)15-6-3-11-23-15/h2-6,11-12H,7-10H2,1H3,(H,18,22). The Morgan fingerprint density at radius 1 is 1.08 bits per heavy atom. The fourth-order valence-corrected chi connectivity index (χ4v) is 3.03. The molecule has 126 valence electrons. The van der Waals surface area contributed by atoms with E-state index in [1.54, 1.807) is 33.7 Å². The topological polar surface area (TPSA) is 65.8 Å². The third kappa shape index (κ3) is 3.73. The van der Waals surface area contributed by atoms with Gasteiger partial charge in [-0.05, 0) is 36.6 Å². The minimum Gasteiger partial charge on any atom is -0.459 e. The number of hydrogen-bond acceptors (Lipinski definition) is 4. The van der Waals surface area contributed by atoms with E-state index in [2.05, 4.69) is 5.32 Å². The number of nitrogens with one attached hydrogen (secondary N) is 1. The predicted octanol–water partition coefficient (Wildman–Crippen LogP) is 2.99. The highest BCUT2D eigenvalue weighted by molar-refractivity contribution is 7.98. The van der Waals surface area contributed by atoms with Crippen molar-refractivity contribution in [1.82, 2.24) is 9.80 Å². The van der Waals surface area contributed by atoms with E-state index >= 15 is 0 Å². The van der Waals surface area contributed by atoms with Crippen LogP contribution in [0.5, 0.6) is 0 Å². The maximum absolute atomic E-state index is 12.4. The van der Waals surface area contributed by atoms with Gasteiger partial charge in [-0.25, -0.2) is 4.79 Å². The first-order valence-corrected chi connectivity index (χ1v) is 8.92. The molecule has 3 rings (SSSR count). The lowest BCUT2D eigenvalue weighted by Crippen LogP contribution is -2.51. The van der Waals surface area contributed by atoms with Crippen LogP contribution in [-0.2, 0) is 0 Å². The SMILES string of the molecule is CSc1cccc(NC(=O)N2CCN(C(=O)c3ccco3)CC2)c1. The van der Waals surface area contributed by atoms with E-state index in [-0.39, 0.29) is 11.9 Å². The van der Waals surface area contributed by atoms with Crippen LogP contribution in [0.4, 0.5) is 10.5 Å². The Morgan fingerprint density at radius 3 is 2.50 bits per heavy atom. The zero-order valence-corrected chi connectivity index (χ0v) is 14.2. The predicted molar refractivity (Wildman–Crippen MR) is 93.4 cm³/mol. The van der Waals surface area contributed by atoms with Gasteiger partial charge in [0.25, 0.3) is 5.91 Å². The molecule has 0 bridgehead atoms. The van der Waals surface area contributed by atoms with Crippen molar-refractivity contribution < 1.29 is 14.0 Å². The van der Waals surface area contributed by atoms with Crippen LogP contribution in [0.15, 0.2) is 52.0 Å². The number of hydrogen-bond donors (Lipinski definition) is 1. The molecule has 2 aromatic rings. The maximum Gasteiger partial charge on any atom is 0.321 e. The molecular weight excluding hydrogens is 326 g/mol. The molecule has 0 spiro atoms. The second-order valence-corrected chi connectivity index (χ2v) is 6.30. The highest BCUT2D eigenvalue weighted by Crippen LogP contribution is 2.19. The molecule has 24 heavy (non-hydrogen) atoms. The van der Waals surface area contributed by atoms with E-state index in [0.29, 0.717) is 31.9 Å². The van der Waals surface area contributed by atoms with Crippen LogP contribution in [-0.4, -0.2) is 54.2 Å². The van der Waals surface area contributed by atoms with E-state index in [0.717, 1.165) is 10.6 Å². The number of amides is 3. The van der Waals surface area contributed by atoms with Crippen LogP contribution in [0.2, 0.25) is 0 Å². The molecule has 1 fully saturated rings. The molecule has 0 aliphatic carbocycles. The summed E-state index contributed by atoms with van der Waals surface area (Å²) in [7, 11) is 0. The molecule has 0 saturated carbocycles. The minimum atomic E-state index is -0.140. The number of furan rings is 1. The zero-order chi connectivity index (χ0) is 16.9. The summed E-state index contributed by atoms with van der Waals surface area (Å²) in [5.41, 5.74) is 0.779. The van der Waals surface area contributed by atoms with Gasteiger partial charge in [0.2, 0.25) is 0 Å². The van der Waals surface area contributed by atoms with Gasteiger partial charge < -0.3 is 19.5 Å². The van der Waals surface area contributed by atoms with Crippen molar-refractivity contribution in [2.45, 2.75) is 4.90 Å². The summed E-state index contributed by atoms with van der Waals surface area (Å²) in [5, 5.41) is 2.91. The highest BCUT2D eigenvalue weighted by atomic mass is 32.2. The van der Waals surface area contributed by atoms with Crippen molar-refractivity contribution in [2.75, 3.05) is 37.8 Å². The van der Waals surface area contributed by atoms with E-state index in [4.69, 9.17) is 4.42 Å². The summed E-state index contributed by atoms with van der Waals surface area (Å²) in [5.74, 6) is 0.203. The molecular formula is C17H19N3O3S. The summed E-state index contributed by atoms with van der Waals surface area (Å²) in [6, 6.07) is 10.9. The third-order valence-corrected chi connectivity index (χ3v) is 4.63. The first-order chi connectivity index (χ1) is 11.7. The second kappa shape index (κ2) is 7.44. The van der Waals surface area contributed by atoms with Gasteiger partial charge in [-0.1, -0.05) is 6.07 Å². The van der Waals surface area contributed by atoms with Crippen LogP contribution >= 0.6 is 11.8 Å². The number of carbonyl (C=O) groups is 2. The number of rotatable bonds is 3. The molecule has 6 nitrogen and oxygen atoms in total. The molecule has 1 aliphatic heterocycles. The Morgan fingerprint density at radius 2 is 1.83 bits per heavy atom. The van der Waals surface area contributed by atoms with Crippen LogP contribution in [0.3, 0.4) is 0 Å². The molecule has 1 aliphatic rings. The fourth-order valence-electron chi connectivity index (χ4n) is 2.57. The molecule has 2 heterocycles. The number of piperazine rings is 1. The van der Waals surface area contributed by atoms with Crippen molar-refractivity contribution in [3.05, 3.63) is 48.4 Å². The van der Waals surface area contributed by atoms with Crippen LogP contribution in [0, 0.1) is 0 Å². The van der Waals surface area contributed by atoms with E-state index in [9.17, 15) is 9.59 Å². The number of benzene rings is 1. The van der Waals surface area contributed by atoms with Crippen molar-refractivity contribution in [1.29, 1.82) is 0 Å². The lowest BCUT2D eigenvalue weighted by molar-refractivity contribution is 0.0640.